The summed E-state index contributed by atoms with van der Waals surface area (Å²) in [6.07, 6.45) is -0.900. The average molecular weight is 484 g/mol. The molecule has 10 nitrogen and oxygen atoms in total. The van der Waals surface area contributed by atoms with E-state index < -0.39 is 29.4 Å². The summed E-state index contributed by atoms with van der Waals surface area (Å²) in [5.74, 6) is 3.62. The van der Waals surface area contributed by atoms with E-state index in [0.29, 0.717) is 12.2 Å². The minimum absolute atomic E-state index is 0.0476. The van der Waals surface area contributed by atoms with Crippen molar-refractivity contribution >= 4 is 17.7 Å². The molecule has 2 rings (SSSR count). The molecule has 0 saturated carbocycles. The fourth-order valence-corrected chi connectivity index (χ4v) is 3.05. The standard InChI is InChI=1S/C25H29N3O7/c1-25(23(32)26-2,24(33)27-34)28(3)22(31)20-12-10-18(11-13-20)5-4-17-6-8-19(9-7-17)15-35-16-21(30)14-29/h6-13,21,29-30,34H,14-16H2,1-3H3,(H,26,32)(H,27,33)/t21?,25-/m0/s1. The van der Waals surface area contributed by atoms with Crippen molar-refractivity contribution in [1.82, 2.24) is 15.7 Å². The number of likely N-dealkylation sites (N-methyl/N-ethyl adjacent to an activating group) is 2. The molecule has 0 fully saturated rings. The fourth-order valence-electron chi connectivity index (χ4n) is 3.05. The number of hydroxylamine groups is 1. The van der Waals surface area contributed by atoms with Gasteiger partial charge in [0, 0.05) is 30.8 Å². The molecule has 2 aromatic carbocycles. The number of nitrogens with one attached hydrogen (secondary N) is 2. The Balaban J connectivity index is 2.08. The third kappa shape index (κ3) is 6.88. The molecule has 0 aromatic heterocycles. The minimum Gasteiger partial charge on any atom is -0.394 e. The first-order valence-electron chi connectivity index (χ1n) is 10.7. The normalized spacial score (nSPS) is 13.0. The molecular formula is C25H29N3O7. The molecule has 2 aromatic rings. The molecule has 186 valence electrons. The molecule has 1 unspecified atom stereocenters. The molecule has 0 radical (unpaired) electrons. The summed E-state index contributed by atoms with van der Waals surface area (Å²) >= 11 is 0. The highest BCUT2D eigenvalue weighted by Gasteiger charge is 2.47. The van der Waals surface area contributed by atoms with Crippen LogP contribution in [0.4, 0.5) is 0 Å². The maximum atomic E-state index is 12.9. The molecule has 0 heterocycles. The quantitative estimate of drug-likeness (QED) is 0.146. The number of carbonyl (C=O) groups is 3. The first-order chi connectivity index (χ1) is 16.7. The summed E-state index contributed by atoms with van der Waals surface area (Å²) < 4.78 is 5.31. The van der Waals surface area contributed by atoms with Crippen LogP contribution < -0.4 is 10.8 Å². The molecule has 0 aliphatic rings. The van der Waals surface area contributed by atoms with Crippen molar-refractivity contribution in [2.75, 3.05) is 27.3 Å². The van der Waals surface area contributed by atoms with Gasteiger partial charge >= 0.3 is 0 Å². The van der Waals surface area contributed by atoms with Crippen LogP contribution >= 0.6 is 0 Å². The highest BCUT2D eigenvalue weighted by Crippen LogP contribution is 2.18. The zero-order valence-corrected chi connectivity index (χ0v) is 19.7. The van der Waals surface area contributed by atoms with Gasteiger partial charge < -0.3 is 25.2 Å². The molecule has 0 spiro atoms. The Kier molecular flexibility index (Phi) is 9.93. The van der Waals surface area contributed by atoms with Gasteiger partial charge in [-0.25, -0.2) is 5.48 Å². The van der Waals surface area contributed by atoms with Crippen molar-refractivity contribution in [3.05, 3.63) is 70.8 Å². The van der Waals surface area contributed by atoms with Crippen LogP contribution in [-0.4, -0.2) is 77.0 Å². The Labute approximate surface area is 203 Å². The van der Waals surface area contributed by atoms with E-state index in [0.717, 1.165) is 16.0 Å². The zero-order valence-electron chi connectivity index (χ0n) is 19.7. The van der Waals surface area contributed by atoms with E-state index in [1.54, 1.807) is 12.1 Å². The minimum atomic E-state index is -1.96. The van der Waals surface area contributed by atoms with Crippen LogP contribution in [0.2, 0.25) is 0 Å². The van der Waals surface area contributed by atoms with Crippen LogP contribution in [0, 0.1) is 11.8 Å². The zero-order chi connectivity index (χ0) is 26.0. The highest BCUT2D eigenvalue weighted by atomic mass is 16.5. The highest BCUT2D eigenvalue weighted by molar-refractivity contribution is 6.12. The number of rotatable bonds is 9. The number of aliphatic hydroxyl groups excluding tert-OH is 2. The van der Waals surface area contributed by atoms with Gasteiger partial charge in [-0.1, -0.05) is 24.0 Å². The number of hydrogen-bond acceptors (Lipinski definition) is 7. The van der Waals surface area contributed by atoms with Gasteiger partial charge in [-0.15, -0.1) is 0 Å². The number of nitrogens with zero attached hydrogens (tertiary/aromatic N) is 1. The predicted molar refractivity (Wildman–Crippen MR) is 126 cm³/mol. The molecule has 0 saturated heterocycles. The summed E-state index contributed by atoms with van der Waals surface area (Å²) in [5, 5.41) is 29.4. The van der Waals surface area contributed by atoms with Crippen LogP contribution in [0.3, 0.4) is 0 Å². The van der Waals surface area contributed by atoms with Crippen LogP contribution in [0.1, 0.15) is 34.0 Å². The molecule has 5 N–H and O–H groups in total. The van der Waals surface area contributed by atoms with Gasteiger partial charge in [0.2, 0.25) is 0 Å². The lowest BCUT2D eigenvalue weighted by Gasteiger charge is -2.34. The van der Waals surface area contributed by atoms with E-state index in [4.69, 9.17) is 15.1 Å². The fraction of sp³-hybridized carbons (Fsp3) is 0.320. The molecule has 0 aliphatic carbocycles. The summed E-state index contributed by atoms with van der Waals surface area (Å²) in [6, 6.07) is 13.7. The van der Waals surface area contributed by atoms with E-state index in [1.807, 2.05) is 24.3 Å². The number of benzene rings is 2. The Bertz CT molecular complexity index is 1070. The molecule has 3 amide bonds. The van der Waals surface area contributed by atoms with Gasteiger partial charge in [0.05, 0.1) is 19.8 Å². The first kappa shape index (κ1) is 27.5. The Morgan fingerprint density at radius 1 is 1.03 bits per heavy atom. The lowest BCUT2D eigenvalue weighted by molar-refractivity contribution is -0.148. The maximum absolute atomic E-state index is 12.9. The van der Waals surface area contributed by atoms with Gasteiger partial charge in [0.1, 0.15) is 6.10 Å². The van der Waals surface area contributed by atoms with Gasteiger partial charge in [-0.3, -0.25) is 19.6 Å². The van der Waals surface area contributed by atoms with Crippen LogP contribution in [0.5, 0.6) is 0 Å². The van der Waals surface area contributed by atoms with Gasteiger partial charge in [0.25, 0.3) is 17.7 Å². The maximum Gasteiger partial charge on any atom is 0.278 e. The predicted octanol–water partition coefficient (Wildman–Crippen LogP) is 0.0383. The third-order valence-electron chi connectivity index (χ3n) is 5.42. The largest absolute Gasteiger partial charge is 0.394 e. The van der Waals surface area contributed by atoms with E-state index in [-0.39, 0.29) is 18.8 Å². The second kappa shape index (κ2) is 12.6. The molecule has 0 bridgehead atoms. The van der Waals surface area contributed by atoms with Crippen LogP contribution in [0.25, 0.3) is 0 Å². The van der Waals surface area contributed by atoms with Crippen molar-refractivity contribution in [1.29, 1.82) is 0 Å². The monoisotopic (exact) mass is 483 g/mol. The van der Waals surface area contributed by atoms with Crippen molar-refractivity contribution in [2.24, 2.45) is 0 Å². The number of carbonyl (C=O) groups excluding carboxylic acids is 3. The van der Waals surface area contributed by atoms with Gasteiger partial charge in [-0.2, -0.15) is 0 Å². The number of amides is 3. The second-order valence-corrected chi connectivity index (χ2v) is 7.83. The lowest BCUT2D eigenvalue weighted by atomic mass is 9.96. The average Bonchev–Trinajstić information content (AvgIpc) is 2.90. The van der Waals surface area contributed by atoms with E-state index in [1.165, 1.54) is 38.6 Å². The Morgan fingerprint density at radius 3 is 2.06 bits per heavy atom. The van der Waals surface area contributed by atoms with Crippen molar-refractivity contribution in [3.8, 4) is 11.8 Å². The first-order valence-corrected chi connectivity index (χ1v) is 10.7. The SMILES string of the molecule is CNC(=O)[C@@](C)(C(=O)NO)N(C)C(=O)c1ccc(C#Cc2ccc(COCC(O)CO)cc2)cc1. The molecule has 35 heavy (non-hydrogen) atoms. The second-order valence-electron chi connectivity index (χ2n) is 7.83. The van der Waals surface area contributed by atoms with E-state index in [9.17, 15) is 19.5 Å². The molecule has 10 heteroatoms. The van der Waals surface area contributed by atoms with Crippen molar-refractivity contribution in [2.45, 2.75) is 25.2 Å². The topological polar surface area (TPSA) is 148 Å². The van der Waals surface area contributed by atoms with E-state index >= 15 is 0 Å². The number of aliphatic hydroxyl groups is 2. The lowest BCUT2D eigenvalue weighted by Crippen LogP contribution is -2.64. The summed E-state index contributed by atoms with van der Waals surface area (Å²) in [5.41, 5.74) is 2.01. The van der Waals surface area contributed by atoms with Crippen molar-refractivity contribution in [3.63, 3.8) is 0 Å². The summed E-state index contributed by atoms with van der Waals surface area (Å²) in [6.45, 7) is 1.22. The molecule has 2 atom stereocenters. The van der Waals surface area contributed by atoms with Crippen LogP contribution in [0.15, 0.2) is 48.5 Å². The summed E-state index contributed by atoms with van der Waals surface area (Å²) in [7, 11) is 2.62. The van der Waals surface area contributed by atoms with Gasteiger partial charge in [0.15, 0.2) is 5.54 Å². The Hall–Kier alpha value is -3.75. The molecule has 0 aliphatic heterocycles. The van der Waals surface area contributed by atoms with Gasteiger partial charge in [-0.05, 0) is 48.9 Å². The van der Waals surface area contributed by atoms with Crippen molar-refractivity contribution < 1.29 is 34.5 Å². The molecular weight excluding hydrogens is 454 g/mol. The number of hydrogen-bond donors (Lipinski definition) is 5. The van der Waals surface area contributed by atoms with Crippen LogP contribution in [-0.2, 0) is 20.9 Å². The van der Waals surface area contributed by atoms with E-state index in [2.05, 4.69) is 17.2 Å². The summed E-state index contributed by atoms with van der Waals surface area (Å²) in [4.78, 5) is 38.3. The third-order valence-corrected chi connectivity index (χ3v) is 5.42. The Morgan fingerprint density at radius 2 is 1.57 bits per heavy atom. The smallest absolute Gasteiger partial charge is 0.278 e. The number of ether oxygens (including phenoxy) is 1.